The number of benzene rings is 1. The monoisotopic (exact) mass is 332 g/mol. The third-order valence-corrected chi connectivity index (χ3v) is 4.47. The van der Waals surface area contributed by atoms with E-state index >= 15 is 0 Å². The van der Waals surface area contributed by atoms with Crippen LogP contribution in [-0.4, -0.2) is 40.9 Å². The molecule has 2 amide bonds. The van der Waals surface area contributed by atoms with Crippen LogP contribution in [0.3, 0.4) is 0 Å². The quantitative estimate of drug-likeness (QED) is 0.802. The van der Waals surface area contributed by atoms with Crippen molar-refractivity contribution >= 4 is 23.5 Å². The molecule has 2 rings (SSSR count). The summed E-state index contributed by atoms with van der Waals surface area (Å²) in [6.07, 6.45) is 1.82. The summed E-state index contributed by atoms with van der Waals surface area (Å²) in [6.45, 7) is 4.22. The number of carbonyl (C=O) groups excluding carboxylic acids is 2. The molecule has 2 N–H and O–H groups in total. The van der Waals surface area contributed by atoms with E-state index in [-0.39, 0.29) is 18.4 Å². The van der Waals surface area contributed by atoms with Gasteiger partial charge in [-0.25, -0.2) is 0 Å². The van der Waals surface area contributed by atoms with Gasteiger partial charge in [0.05, 0.1) is 18.4 Å². The zero-order chi connectivity index (χ0) is 17.7. The Kier molecular flexibility index (Phi) is 5.95. The minimum absolute atomic E-state index is 0.0517. The van der Waals surface area contributed by atoms with E-state index in [2.05, 4.69) is 5.32 Å². The van der Waals surface area contributed by atoms with Gasteiger partial charge in [-0.3, -0.25) is 14.4 Å². The van der Waals surface area contributed by atoms with Crippen LogP contribution in [0, 0.1) is 18.8 Å². The molecule has 0 saturated heterocycles. The molecule has 0 aliphatic heterocycles. The fourth-order valence-electron chi connectivity index (χ4n) is 2.94. The number of para-hydroxylation sites is 1. The molecule has 1 saturated carbocycles. The number of anilines is 1. The van der Waals surface area contributed by atoms with Crippen molar-refractivity contribution in [2.24, 2.45) is 11.8 Å². The number of hydrogen-bond acceptors (Lipinski definition) is 3. The van der Waals surface area contributed by atoms with Gasteiger partial charge in [-0.05, 0) is 37.8 Å². The molecular weight excluding hydrogens is 308 g/mol. The second-order valence-corrected chi connectivity index (χ2v) is 6.25. The maximum absolute atomic E-state index is 12.6. The Hall–Kier alpha value is -2.37. The van der Waals surface area contributed by atoms with Crippen LogP contribution >= 0.6 is 0 Å². The van der Waals surface area contributed by atoms with Crippen molar-refractivity contribution in [3.63, 3.8) is 0 Å². The van der Waals surface area contributed by atoms with Crippen molar-refractivity contribution in [3.8, 4) is 0 Å². The number of hydrogen-bond donors (Lipinski definition) is 2. The van der Waals surface area contributed by atoms with Crippen molar-refractivity contribution in [2.75, 3.05) is 18.4 Å². The van der Waals surface area contributed by atoms with Gasteiger partial charge in [0.1, 0.15) is 0 Å². The van der Waals surface area contributed by atoms with E-state index in [9.17, 15) is 14.4 Å². The fourth-order valence-corrected chi connectivity index (χ4v) is 2.94. The van der Waals surface area contributed by atoms with Crippen molar-refractivity contribution in [3.05, 3.63) is 29.8 Å². The van der Waals surface area contributed by atoms with Crippen LogP contribution in [-0.2, 0) is 14.4 Å². The molecule has 0 aromatic heterocycles. The lowest BCUT2D eigenvalue weighted by molar-refractivity contribution is -0.157. The maximum Gasteiger partial charge on any atom is 0.307 e. The maximum atomic E-state index is 12.6. The number of aliphatic carboxylic acids is 1. The zero-order valence-corrected chi connectivity index (χ0v) is 14.1. The Labute approximate surface area is 141 Å². The van der Waals surface area contributed by atoms with Gasteiger partial charge < -0.3 is 15.3 Å². The van der Waals surface area contributed by atoms with Crippen LogP contribution in [0.5, 0.6) is 0 Å². The highest BCUT2D eigenvalue weighted by atomic mass is 16.4. The Balaban J connectivity index is 2.00. The number of aryl methyl sites for hydroxylation is 1. The average Bonchev–Trinajstić information content (AvgIpc) is 2.47. The molecular formula is C18H24N2O4. The number of nitrogens with one attached hydrogen (secondary N) is 1. The summed E-state index contributed by atoms with van der Waals surface area (Å²) < 4.78 is 0. The normalized spacial score (nSPS) is 19.2. The van der Waals surface area contributed by atoms with E-state index in [0.29, 0.717) is 25.8 Å². The van der Waals surface area contributed by atoms with Gasteiger partial charge in [-0.2, -0.15) is 0 Å². The standard InChI is InChI=1S/C18H24N2O4/c1-3-10-20(17(22)13-8-9-14(13)18(23)24)11-16(21)19-15-7-5-4-6-12(15)2/h4-7,13-14H,3,8-11H2,1-2H3,(H,19,21)(H,23,24). The minimum atomic E-state index is -0.930. The number of carboxylic acid groups (broad SMARTS) is 1. The van der Waals surface area contributed by atoms with Crippen LogP contribution in [0.1, 0.15) is 31.7 Å². The van der Waals surface area contributed by atoms with Gasteiger partial charge in [0.15, 0.2) is 0 Å². The van der Waals surface area contributed by atoms with Gasteiger partial charge in [0.2, 0.25) is 11.8 Å². The predicted molar refractivity (Wildman–Crippen MR) is 90.5 cm³/mol. The third-order valence-electron chi connectivity index (χ3n) is 4.47. The zero-order valence-electron chi connectivity index (χ0n) is 14.1. The van der Waals surface area contributed by atoms with E-state index < -0.39 is 17.8 Å². The minimum Gasteiger partial charge on any atom is -0.481 e. The first-order chi connectivity index (χ1) is 11.4. The number of amides is 2. The first-order valence-corrected chi connectivity index (χ1v) is 8.31. The number of nitrogens with zero attached hydrogens (tertiary/aromatic N) is 1. The lowest BCUT2D eigenvalue weighted by atomic mass is 9.73. The average molecular weight is 332 g/mol. The number of carbonyl (C=O) groups is 3. The molecule has 2 unspecified atom stereocenters. The largest absolute Gasteiger partial charge is 0.481 e. The molecule has 24 heavy (non-hydrogen) atoms. The molecule has 6 nitrogen and oxygen atoms in total. The summed E-state index contributed by atoms with van der Waals surface area (Å²) >= 11 is 0. The summed E-state index contributed by atoms with van der Waals surface area (Å²) in [5.74, 6) is -2.54. The molecule has 6 heteroatoms. The van der Waals surface area contributed by atoms with Gasteiger partial charge in [-0.1, -0.05) is 25.1 Å². The third kappa shape index (κ3) is 4.13. The van der Waals surface area contributed by atoms with Crippen LogP contribution < -0.4 is 5.32 Å². The van der Waals surface area contributed by atoms with Crippen LogP contribution in [0.2, 0.25) is 0 Å². The summed E-state index contributed by atoms with van der Waals surface area (Å²) in [5.41, 5.74) is 1.67. The molecule has 1 fully saturated rings. The van der Waals surface area contributed by atoms with E-state index in [4.69, 9.17) is 5.11 Å². The van der Waals surface area contributed by atoms with Crippen LogP contribution in [0.25, 0.3) is 0 Å². The number of rotatable bonds is 7. The first kappa shape index (κ1) is 18.0. The van der Waals surface area contributed by atoms with E-state index in [1.165, 1.54) is 4.90 Å². The lowest BCUT2D eigenvalue weighted by Gasteiger charge is -2.36. The van der Waals surface area contributed by atoms with Crippen molar-refractivity contribution < 1.29 is 19.5 Å². The lowest BCUT2D eigenvalue weighted by Crippen LogP contribution is -2.48. The summed E-state index contributed by atoms with van der Waals surface area (Å²) in [7, 11) is 0. The molecule has 130 valence electrons. The molecule has 0 heterocycles. The Bertz CT molecular complexity index is 629. The molecule has 1 aliphatic rings. The van der Waals surface area contributed by atoms with Crippen molar-refractivity contribution in [2.45, 2.75) is 33.1 Å². The molecule has 0 spiro atoms. The van der Waals surface area contributed by atoms with Gasteiger partial charge in [-0.15, -0.1) is 0 Å². The van der Waals surface area contributed by atoms with E-state index in [1.807, 2.05) is 38.1 Å². The highest BCUT2D eigenvalue weighted by Gasteiger charge is 2.43. The van der Waals surface area contributed by atoms with Crippen LogP contribution in [0.15, 0.2) is 24.3 Å². The molecule has 0 radical (unpaired) electrons. The Morgan fingerprint density at radius 2 is 1.88 bits per heavy atom. The van der Waals surface area contributed by atoms with E-state index in [0.717, 1.165) is 11.3 Å². The second-order valence-electron chi connectivity index (χ2n) is 6.25. The summed E-state index contributed by atoms with van der Waals surface area (Å²) in [6, 6.07) is 7.44. The summed E-state index contributed by atoms with van der Waals surface area (Å²) in [4.78, 5) is 37.5. The van der Waals surface area contributed by atoms with Gasteiger partial charge >= 0.3 is 5.97 Å². The van der Waals surface area contributed by atoms with Gasteiger partial charge in [0, 0.05) is 12.2 Å². The Morgan fingerprint density at radius 1 is 1.21 bits per heavy atom. The van der Waals surface area contributed by atoms with E-state index in [1.54, 1.807) is 0 Å². The van der Waals surface area contributed by atoms with Gasteiger partial charge in [0.25, 0.3) is 0 Å². The molecule has 0 bridgehead atoms. The molecule has 1 aromatic rings. The highest BCUT2D eigenvalue weighted by Crippen LogP contribution is 2.35. The summed E-state index contributed by atoms with van der Waals surface area (Å²) in [5, 5.41) is 11.9. The first-order valence-electron chi connectivity index (χ1n) is 8.31. The van der Waals surface area contributed by atoms with Crippen LogP contribution in [0.4, 0.5) is 5.69 Å². The predicted octanol–water partition coefficient (Wildman–Crippen LogP) is 2.28. The Morgan fingerprint density at radius 3 is 2.42 bits per heavy atom. The smallest absolute Gasteiger partial charge is 0.307 e. The molecule has 1 aliphatic carbocycles. The number of carboxylic acids is 1. The van der Waals surface area contributed by atoms with Crippen molar-refractivity contribution in [1.82, 2.24) is 4.90 Å². The molecule has 1 aromatic carbocycles. The molecule has 2 atom stereocenters. The SMILES string of the molecule is CCCN(CC(=O)Nc1ccccc1C)C(=O)C1CCC1C(=O)O. The van der Waals surface area contributed by atoms with Crippen molar-refractivity contribution in [1.29, 1.82) is 0 Å². The highest BCUT2D eigenvalue weighted by molar-refractivity contribution is 5.96. The second kappa shape index (κ2) is 7.95. The topological polar surface area (TPSA) is 86.7 Å². The fraction of sp³-hybridized carbons (Fsp3) is 0.500.